The number of anilines is 2. The topological polar surface area (TPSA) is 87.6 Å². The van der Waals surface area contributed by atoms with E-state index in [0.717, 1.165) is 25.9 Å². The molecule has 24 heavy (non-hydrogen) atoms. The maximum absolute atomic E-state index is 13.0. The highest BCUT2D eigenvalue weighted by atomic mass is 19.1. The second-order valence-electron chi connectivity index (χ2n) is 5.86. The van der Waals surface area contributed by atoms with E-state index in [1.165, 1.54) is 12.1 Å². The second kappa shape index (κ2) is 6.04. The van der Waals surface area contributed by atoms with Crippen molar-refractivity contribution in [1.29, 1.82) is 0 Å². The average Bonchev–Trinajstić information content (AvgIpc) is 2.93. The van der Waals surface area contributed by atoms with Crippen molar-refractivity contribution in [1.82, 2.24) is 24.8 Å². The van der Waals surface area contributed by atoms with E-state index in [0.29, 0.717) is 22.8 Å². The van der Waals surface area contributed by atoms with Crippen LogP contribution in [0.3, 0.4) is 0 Å². The Morgan fingerprint density at radius 3 is 2.88 bits per heavy atom. The van der Waals surface area contributed by atoms with Crippen LogP contribution in [0, 0.1) is 5.82 Å². The predicted molar refractivity (Wildman–Crippen MR) is 89.0 cm³/mol. The molecular weight excluding hydrogens is 311 g/mol. The number of rotatable bonds is 3. The molecule has 7 nitrogen and oxygen atoms in total. The minimum Gasteiger partial charge on any atom is -0.324 e. The average molecular weight is 328 g/mol. The Bertz CT molecular complexity index is 910. The van der Waals surface area contributed by atoms with Gasteiger partial charge >= 0.3 is 5.69 Å². The Morgan fingerprint density at radius 2 is 2.12 bits per heavy atom. The van der Waals surface area contributed by atoms with E-state index in [9.17, 15) is 9.18 Å². The standard InChI is InChI=1S/C16H17FN6O/c17-10-3-5-11(6-4-10)20-15-19-9-13-14(22-15)23(16(24)21-13)12-2-1-7-18-8-12/h3-6,9,12,18H,1-2,7-8H2,(H,21,24)(H,19,20,22). The van der Waals surface area contributed by atoms with Gasteiger partial charge < -0.3 is 15.6 Å². The van der Waals surface area contributed by atoms with Crippen molar-refractivity contribution in [2.24, 2.45) is 0 Å². The van der Waals surface area contributed by atoms with Gasteiger partial charge in [-0.2, -0.15) is 4.98 Å². The second-order valence-corrected chi connectivity index (χ2v) is 5.86. The van der Waals surface area contributed by atoms with Crippen molar-refractivity contribution < 1.29 is 4.39 Å². The highest BCUT2D eigenvalue weighted by Crippen LogP contribution is 2.20. The van der Waals surface area contributed by atoms with Crippen molar-refractivity contribution in [3.8, 4) is 0 Å². The van der Waals surface area contributed by atoms with Crippen LogP contribution in [-0.2, 0) is 0 Å². The van der Waals surface area contributed by atoms with Crippen molar-refractivity contribution in [2.45, 2.75) is 18.9 Å². The first-order valence-corrected chi connectivity index (χ1v) is 7.91. The number of nitrogens with one attached hydrogen (secondary N) is 3. The maximum Gasteiger partial charge on any atom is 0.328 e. The van der Waals surface area contributed by atoms with Crippen molar-refractivity contribution in [3.05, 3.63) is 46.8 Å². The van der Waals surface area contributed by atoms with E-state index in [1.807, 2.05) is 0 Å². The van der Waals surface area contributed by atoms with Gasteiger partial charge in [-0.3, -0.25) is 4.57 Å². The molecule has 2 aromatic heterocycles. The number of fused-ring (bicyclic) bond motifs is 1. The van der Waals surface area contributed by atoms with Gasteiger partial charge in [0.15, 0.2) is 5.65 Å². The van der Waals surface area contributed by atoms with Crippen LogP contribution in [0.2, 0.25) is 0 Å². The zero-order valence-electron chi connectivity index (χ0n) is 12.9. The van der Waals surface area contributed by atoms with Gasteiger partial charge in [0.25, 0.3) is 0 Å². The number of benzene rings is 1. The molecule has 1 fully saturated rings. The SMILES string of the molecule is O=c1[nH]c2cnc(Nc3ccc(F)cc3)nc2n1C1CCCNC1. The number of H-pyrrole nitrogens is 1. The van der Waals surface area contributed by atoms with Crippen molar-refractivity contribution in [2.75, 3.05) is 18.4 Å². The highest BCUT2D eigenvalue weighted by Gasteiger charge is 2.20. The molecular formula is C16H17FN6O. The Morgan fingerprint density at radius 1 is 1.29 bits per heavy atom. The highest BCUT2D eigenvalue weighted by molar-refractivity contribution is 5.72. The Balaban J connectivity index is 1.71. The van der Waals surface area contributed by atoms with Gasteiger partial charge in [0.05, 0.1) is 12.2 Å². The Kier molecular flexibility index (Phi) is 3.73. The van der Waals surface area contributed by atoms with Gasteiger partial charge in [-0.1, -0.05) is 0 Å². The lowest BCUT2D eigenvalue weighted by atomic mass is 10.1. The molecule has 0 aliphatic carbocycles. The fourth-order valence-electron chi connectivity index (χ4n) is 3.03. The molecule has 1 aliphatic heterocycles. The van der Waals surface area contributed by atoms with Gasteiger partial charge in [0, 0.05) is 12.2 Å². The first kappa shape index (κ1) is 14.8. The third-order valence-corrected chi connectivity index (χ3v) is 4.19. The monoisotopic (exact) mass is 328 g/mol. The molecule has 0 saturated carbocycles. The summed E-state index contributed by atoms with van der Waals surface area (Å²) < 4.78 is 14.7. The molecule has 124 valence electrons. The lowest BCUT2D eigenvalue weighted by Crippen LogP contribution is -2.35. The van der Waals surface area contributed by atoms with Gasteiger partial charge in [-0.05, 0) is 43.7 Å². The molecule has 0 radical (unpaired) electrons. The summed E-state index contributed by atoms with van der Waals surface area (Å²) in [7, 11) is 0. The number of halogens is 1. The number of hydrogen-bond donors (Lipinski definition) is 3. The van der Waals surface area contributed by atoms with Gasteiger partial charge in [0.1, 0.15) is 11.3 Å². The van der Waals surface area contributed by atoms with E-state index < -0.39 is 0 Å². The number of aromatic amines is 1. The lowest BCUT2D eigenvalue weighted by molar-refractivity contribution is 0.370. The summed E-state index contributed by atoms with van der Waals surface area (Å²) in [5, 5.41) is 6.34. The molecule has 3 heterocycles. The predicted octanol–water partition coefficient (Wildman–Crippen LogP) is 1.93. The molecule has 1 saturated heterocycles. The lowest BCUT2D eigenvalue weighted by Gasteiger charge is -2.23. The maximum atomic E-state index is 13.0. The van der Waals surface area contributed by atoms with Gasteiger partial charge in [0.2, 0.25) is 5.95 Å². The molecule has 1 unspecified atom stereocenters. The molecule has 0 amide bonds. The van der Waals surface area contributed by atoms with Crippen LogP contribution in [-0.4, -0.2) is 32.6 Å². The van der Waals surface area contributed by atoms with E-state index in [4.69, 9.17) is 0 Å². The van der Waals surface area contributed by atoms with Crippen LogP contribution in [0.25, 0.3) is 11.2 Å². The Hall–Kier alpha value is -2.74. The van der Waals surface area contributed by atoms with Crippen LogP contribution in [0.4, 0.5) is 16.0 Å². The van der Waals surface area contributed by atoms with Crippen LogP contribution in [0.15, 0.2) is 35.3 Å². The third-order valence-electron chi connectivity index (χ3n) is 4.19. The first-order chi connectivity index (χ1) is 11.7. The molecule has 3 aromatic rings. The van der Waals surface area contributed by atoms with E-state index >= 15 is 0 Å². The van der Waals surface area contributed by atoms with E-state index in [-0.39, 0.29) is 17.5 Å². The fourth-order valence-corrected chi connectivity index (χ4v) is 3.03. The fraction of sp³-hybridized carbons (Fsp3) is 0.312. The van der Waals surface area contributed by atoms with Crippen molar-refractivity contribution in [3.63, 3.8) is 0 Å². The Labute approximate surface area is 136 Å². The molecule has 0 spiro atoms. The van der Waals surface area contributed by atoms with E-state index in [2.05, 4.69) is 25.6 Å². The van der Waals surface area contributed by atoms with Crippen LogP contribution < -0.4 is 16.3 Å². The first-order valence-electron chi connectivity index (χ1n) is 7.91. The molecule has 8 heteroatoms. The summed E-state index contributed by atoms with van der Waals surface area (Å²) in [5.41, 5.74) is 1.69. The van der Waals surface area contributed by atoms with Gasteiger partial charge in [-0.15, -0.1) is 0 Å². The van der Waals surface area contributed by atoms with Crippen LogP contribution in [0.1, 0.15) is 18.9 Å². The molecule has 1 aromatic carbocycles. The number of hydrogen-bond acceptors (Lipinski definition) is 5. The molecule has 0 bridgehead atoms. The third kappa shape index (κ3) is 2.76. The van der Waals surface area contributed by atoms with Gasteiger partial charge in [-0.25, -0.2) is 14.2 Å². The minimum atomic E-state index is -0.304. The molecule has 3 N–H and O–H groups in total. The number of piperidine rings is 1. The number of imidazole rings is 1. The summed E-state index contributed by atoms with van der Waals surface area (Å²) in [6, 6.07) is 6.02. The normalized spacial score (nSPS) is 18.0. The zero-order chi connectivity index (χ0) is 16.5. The van der Waals surface area contributed by atoms with E-state index in [1.54, 1.807) is 22.9 Å². The molecule has 1 atom stereocenters. The number of nitrogens with zero attached hydrogens (tertiary/aromatic N) is 3. The molecule has 1 aliphatic rings. The van der Waals surface area contributed by atoms with Crippen molar-refractivity contribution >= 4 is 22.8 Å². The summed E-state index contributed by atoms with van der Waals surface area (Å²) in [6.45, 7) is 1.72. The summed E-state index contributed by atoms with van der Waals surface area (Å²) in [5.74, 6) is 0.0619. The zero-order valence-corrected chi connectivity index (χ0v) is 12.9. The van der Waals surface area contributed by atoms with Crippen LogP contribution in [0.5, 0.6) is 0 Å². The quantitative estimate of drug-likeness (QED) is 0.684. The summed E-state index contributed by atoms with van der Waals surface area (Å²) in [4.78, 5) is 23.8. The smallest absolute Gasteiger partial charge is 0.324 e. The van der Waals surface area contributed by atoms with Crippen LogP contribution >= 0.6 is 0 Å². The largest absolute Gasteiger partial charge is 0.328 e. The summed E-state index contributed by atoms with van der Waals surface area (Å²) in [6.07, 6.45) is 3.54. The number of aromatic nitrogens is 4. The minimum absolute atomic E-state index is 0.0774. The molecule has 4 rings (SSSR count). The summed E-state index contributed by atoms with van der Waals surface area (Å²) >= 11 is 0.